The summed E-state index contributed by atoms with van der Waals surface area (Å²) >= 11 is 0. The van der Waals surface area contributed by atoms with Crippen molar-refractivity contribution in [3.8, 4) is 0 Å². The number of rotatable bonds is 10. The molecule has 25 heavy (non-hydrogen) atoms. The Balaban J connectivity index is 2.83. The summed E-state index contributed by atoms with van der Waals surface area (Å²) < 4.78 is 7.12. The number of aromatic nitrogens is 1. The van der Waals surface area contributed by atoms with Crippen molar-refractivity contribution in [3.05, 3.63) is 30.1 Å². The molecule has 0 bridgehead atoms. The molecule has 0 saturated carbocycles. The molecule has 1 rings (SSSR count). The summed E-state index contributed by atoms with van der Waals surface area (Å²) in [6.07, 6.45) is 3.39. The van der Waals surface area contributed by atoms with Crippen LogP contribution in [0.5, 0.6) is 0 Å². The normalized spacial score (nSPS) is 15.0. The first-order valence-corrected chi connectivity index (χ1v) is 8.19. The van der Waals surface area contributed by atoms with Crippen molar-refractivity contribution in [2.24, 2.45) is 11.6 Å². The fraction of sp³-hybridized carbons (Fsp3) is 0.529. The Kier molecular flexibility index (Phi) is 7.34. The molecule has 0 unspecified atom stereocenters. The second-order valence-corrected chi connectivity index (χ2v) is 6.13. The number of carboxylic acid groups (broad SMARTS) is 1. The Morgan fingerprint density at radius 3 is 2.36 bits per heavy atom. The number of nitrogens with one attached hydrogen (secondary N) is 2. The molecule has 0 fully saturated rings. The van der Waals surface area contributed by atoms with Crippen LogP contribution in [-0.4, -0.2) is 40.0 Å². The van der Waals surface area contributed by atoms with Gasteiger partial charge < -0.3 is 21.5 Å². The highest BCUT2D eigenvalue weighted by Crippen LogP contribution is 2.16. The zero-order valence-corrected chi connectivity index (χ0v) is 14.7. The Morgan fingerprint density at radius 2 is 1.88 bits per heavy atom. The van der Waals surface area contributed by atoms with E-state index in [2.05, 4.69) is 15.6 Å². The number of hydrogen-bond acceptors (Lipinski definition) is 5. The van der Waals surface area contributed by atoms with Gasteiger partial charge in [0.25, 0.3) is 0 Å². The fourth-order valence-corrected chi connectivity index (χ4v) is 2.33. The number of carbonyl (C=O) groups excluding carboxylic acids is 2. The summed E-state index contributed by atoms with van der Waals surface area (Å²) in [5.74, 6) is -2.49. The van der Waals surface area contributed by atoms with E-state index in [0.29, 0.717) is 6.42 Å². The van der Waals surface area contributed by atoms with Gasteiger partial charge in [-0.05, 0) is 30.0 Å². The Hall–Kier alpha value is -2.48. The molecule has 2 amide bonds. The smallest absolute Gasteiger partial charge is 0.305 e. The van der Waals surface area contributed by atoms with Gasteiger partial charge in [-0.25, -0.2) is 0 Å². The molecule has 1 aromatic rings. The van der Waals surface area contributed by atoms with Gasteiger partial charge in [-0.1, -0.05) is 20.8 Å². The van der Waals surface area contributed by atoms with Gasteiger partial charge in [0.2, 0.25) is 11.8 Å². The van der Waals surface area contributed by atoms with Crippen LogP contribution in [0.15, 0.2) is 24.5 Å². The highest BCUT2D eigenvalue weighted by atomic mass is 16.4. The first kappa shape index (κ1) is 18.9. The zero-order valence-electron chi connectivity index (χ0n) is 15.7. The number of nitrogens with two attached hydrogens (primary N) is 1. The lowest BCUT2D eigenvalue weighted by Crippen LogP contribution is -2.54. The summed E-state index contributed by atoms with van der Waals surface area (Å²) in [5, 5.41) is 14.3. The van der Waals surface area contributed by atoms with Gasteiger partial charge in [0.15, 0.2) is 0 Å². The van der Waals surface area contributed by atoms with Crippen LogP contribution in [0.3, 0.4) is 0 Å². The minimum Gasteiger partial charge on any atom is -0.481 e. The lowest BCUT2D eigenvalue weighted by Gasteiger charge is -2.26. The first-order valence-electron chi connectivity index (χ1n) is 8.69. The maximum Gasteiger partial charge on any atom is 0.305 e. The molecule has 0 aromatic carbocycles. The van der Waals surface area contributed by atoms with Crippen LogP contribution in [0.2, 0.25) is 1.41 Å². The summed E-state index contributed by atoms with van der Waals surface area (Å²) in [4.78, 5) is 39.6. The summed E-state index contributed by atoms with van der Waals surface area (Å²) in [7, 11) is 0. The number of amides is 2. The number of pyridine rings is 1. The minimum atomic E-state index is -1.23. The van der Waals surface area contributed by atoms with Crippen molar-refractivity contribution in [2.45, 2.75) is 51.7 Å². The van der Waals surface area contributed by atoms with Crippen molar-refractivity contribution >= 4 is 17.8 Å². The van der Waals surface area contributed by atoms with Gasteiger partial charge in [0, 0.05) is 12.4 Å². The second-order valence-electron chi connectivity index (χ2n) is 6.13. The van der Waals surface area contributed by atoms with E-state index in [4.69, 9.17) is 6.52 Å². The minimum absolute atomic E-state index is 0.217. The van der Waals surface area contributed by atoms with Crippen molar-refractivity contribution in [1.82, 2.24) is 15.6 Å². The van der Waals surface area contributed by atoms with Crippen LogP contribution in [0.4, 0.5) is 0 Å². The van der Waals surface area contributed by atoms with Gasteiger partial charge in [-0.2, -0.15) is 0 Å². The predicted octanol–water partition coefficient (Wildman–Crippen LogP) is 0.592. The Bertz CT molecular complexity index is 612. The third-order valence-corrected chi connectivity index (χ3v) is 3.78. The third-order valence-electron chi connectivity index (χ3n) is 3.78. The number of aliphatic carboxylic acids is 1. The van der Waals surface area contributed by atoms with Crippen LogP contribution in [0.1, 0.15) is 45.2 Å². The summed E-state index contributed by atoms with van der Waals surface area (Å²) in [5.41, 5.74) is 2.82. The van der Waals surface area contributed by atoms with Gasteiger partial charge in [0.1, 0.15) is 7.45 Å². The van der Waals surface area contributed by atoms with E-state index in [1.165, 1.54) is 0 Å². The maximum atomic E-state index is 12.7. The molecule has 0 aliphatic rings. The van der Waals surface area contributed by atoms with Crippen LogP contribution in [0, 0.1) is 5.92 Å². The predicted molar refractivity (Wildman–Crippen MR) is 92.4 cm³/mol. The Labute approximate surface area is 148 Å². The monoisotopic (exact) mass is 351 g/mol. The molecule has 0 aliphatic carbocycles. The average molecular weight is 351 g/mol. The molecular weight excluding hydrogens is 324 g/mol. The summed E-state index contributed by atoms with van der Waals surface area (Å²) in [6.45, 7) is 5.48. The van der Waals surface area contributed by atoms with Crippen LogP contribution < -0.4 is 16.4 Å². The molecule has 1 heterocycles. The molecule has 8 heteroatoms. The zero-order chi connectivity index (χ0) is 19.7. The van der Waals surface area contributed by atoms with Gasteiger partial charge in [-0.3, -0.25) is 19.4 Å². The molecule has 138 valence electrons. The summed E-state index contributed by atoms with van der Waals surface area (Å²) in [6, 6.07) is 1.31. The van der Waals surface area contributed by atoms with Gasteiger partial charge in [0.05, 0.1) is 18.5 Å². The molecule has 8 nitrogen and oxygen atoms in total. The number of nitrogens with zero attached hydrogens (tertiary/aromatic N) is 1. The highest BCUT2D eigenvalue weighted by molar-refractivity contribution is 5.91. The number of hydrogen-bond donors (Lipinski definition) is 4. The quantitative estimate of drug-likeness (QED) is 0.487. The fourth-order valence-electron chi connectivity index (χ4n) is 2.33. The lowest BCUT2D eigenvalue weighted by molar-refractivity contribution is -0.139. The van der Waals surface area contributed by atoms with E-state index in [9.17, 15) is 14.4 Å². The first-order chi connectivity index (χ1) is 12.3. The van der Waals surface area contributed by atoms with E-state index < -0.39 is 30.4 Å². The second kappa shape index (κ2) is 9.73. The number of carboxylic acids is 1. The molecule has 0 aliphatic heterocycles. The molecule has 0 saturated heterocycles. The molecule has 0 spiro atoms. The average Bonchev–Trinajstić information content (AvgIpc) is 2.61. The van der Waals surface area contributed by atoms with Crippen LogP contribution >= 0.6 is 0 Å². The van der Waals surface area contributed by atoms with E-state index in [-0.39, 0.29) is 17.9 Å². The standard InChI is InChI=1S/C17H26N4O4/c1-4-13(11-5-7-19-8-6-11)20-17(25)15(10(2)3)21-16(24)12(18)9-14(22)23/h5-8,10,12-13,15H,4,9,18H2,1-3H3,(H,20,25)(H,21,24)(H,22,23)/t12-,13-,15-/m0/s1/i/hD. The topological polar surface area (TPSA) is 134 Å². The largest absolute Gasteiger partial charge is 0.481 e. The van der Waals surface area contributed by atoms with E-state index in [1.54, 1.807) is 26.2 Å². The lowest BCUT2D eigenvalue weighted by atomic mass is 10.0. The van der Waals surface area contributed by atoms with E-state index in [0.717, 1.165) is 5.56 Å². The van der Waals surface area contributed by atoms with Crippen LogP contribution in [-0.2, 0) is 14.4 Å². The van der Waals surface area contributed by atoms with Crippen molar-refractivity contribution in [2.75, 3.05) is 0 Å². The molecule has 1 aromatic heterocycles. The third kappa shape index (κ3) is 6.50. The van der Waals surface area contributed by atoms with E-state index in [1.807, 2.05) is 24.8 Å². The molecule has 0 radical (unpaired) electrons. The van der Waals surface area contributed by atoms with Crippen molar-refractivity contribution < 1.29 is 20.9 Å². The maximum absolute atomic E-state index is 12.7. The van der Waals surface area contributed by atoms with Gasteiger partial charge >= 0.3 is 5.97 Å². The van der Waals surface area contributed by atoms with Crippen molar-refractivity contribution in [1.29, 1.82) is 0 Å². The molecular formula is C17H26N4O4. The van der Waals surface area contributed by atoms with Crippen LogP contribution in [0.25, 0.3) is 0 Å². The highest BCUT2D eigenvalue weighted by Gasteiger charge is 2.28. The SMILES string of the molecule is [2H]N[C@@H](CC(=O)O)C(=O)N[C@H](C(=O)N[C@@H](CC)c1ccncc1)C(C)C. The Morgan fingerprint density at radius 1 is 1.24 bits per heavy atom. The van der Waals surface area contributed by atoms with Crippen molar-refractivity contribution in [3.63, 3.8) is 0 Å². The molecule has 5 N–H and O–H groups in total. The van der Waals surface area contributed by atoms with Gasteiger partial charge in [-0.15, -0.1) is 0 Å². The number of carbonyl (C=O) groups is 3. The van der Waals surface area contributed by atoms with E-state index >= 15 is 0 Å². The molecule has 3 atom stereocenters.